The molecule has 1 saturated heterocycles. The van der Waals surface area contributed by atoms with Gasteiger partial charge in [-0.15, -0.1) is 0 Å². The van der Waals surface area contributed by atoms with Crippen LogP contribution in [-0.2, 0) is 16.6 Å². The fourth-order valence-corrected chi connectivity index (χ4v) is 7.54. The molecule has 256 valence electrons. The summed E-state index contributed by atoms with van der Waals surface area (Å²) in [6.45, 7) is 2.60. The molecule has 0 spiro atoms. The average Bonchev–Trinajstić information content (AvgIpc) is 3.88. The fourth-order valence-electron chi connectivity index (χ4n) is 7.03. The van der Waals surface area contributed by atoms with Crippen molar-refractivity contribution < 1.29 is 22.0 Å². The zero-order chi connectivity index (χ0) is 35.6. The van der Waals surface area contributed by atoms with Gasteiger partial charge in [-0.05, 0) is 86.6 Å². The van der Waals surface area contributed by atoms with Crippen LogP contribution in [0.2, 0.25) is 0 Å². The second-order valence-electron chi connectivity index (χ2n) is 12.8. The highest BCUT2D eigenvalue weighted by Crippen LogP contribution is 2.41. The van der Waals surface area contributed by atoms with Gasteiger partial charge in [-0.2, -0.15) is 5.26 Å². The molecule has 51 heavy (non-hydrogen) atoms. The zero-order valence-corrected chi connectivity index (χ0v) is 28.9. The third kappa shape index (κ3) is 5.44. The number of hydrogen-bond donors (Lipinski definition) is 1. The van der Waals surface area contributed by atoms with E-state index in [-0.39, 0.29) is 22.6 Å². The third-order valence-electron chi connectivity index (χ3n) is 9.63. The lowest BCUT2D eigenvalue weighted by atomic mass is 10.0. The van der Waals surface area contributed by atoms with Crippen molar-refractivity contribution in [2.45, 2.75) is 19.4 Å². The summed E-state index contributed by atoms with van der Waals surface area (Å²) in [6, 6.07) is 22.4. The molecule has 0 atom stereocenters. The lowest BCUT2D eigenvalue weighted by molar-refractivity contribution is 0.0964. The Hall–Kier alpha value is -5.84. The molecule has 3 aromatic carbocycles. The summed E-state index contributed by atoms with van der Waals surface area (Å²) in [5.41, 5.74) is 5.46. The quantitative estimate of drug-likeness (QED) is 0.200. The summed E-state index contributed by atoms with van der Waals surface area (Å²) >= 11 is 0. The topological polar surface area (TPSA) is 137 Å². The third-order valence-corrected chi connectivity index (χ3v) is 10.8. The highest BCUT2D eigenvalue weighted by molar-refractivity contribution is 7.92. The predicted octanol–water partition coefficient (Wildman–Crippen LogP) is 6.48. The maximum atomic E-state index is 13.8. The van der Waals surface area contributed by atoms with Gasteiger partial charge in [-0.1, -0.05) is 6.07 Å². The van der Waals surface area contributed by atoms with Gasteiger partial charge in [0.05, 0.1) is 57.9 Å². The molecule has 0 radical (unpaired) electrons. The number of amides is 1. The van der Waals surface area contributed by atoms with Gasteiger partial charge in [-0.25, -0.2) is 22.8 Å². The summed E-state index contributed by atoms with van der Waals surface area (Å²) in [5, 5.41) is 13.8. The summed E-state index contributed by atoms with van der Waals surface area (Å²) in [5.74, 6) is 0.175. The van der Waals surface area contributed by atoms with Crippen molar-refractivity contribution in [1.82, 2.24) is 24.6 Å². The molecule has 0 saturated carbocycles. The van der Waals surface area contributed by atoms with Gasteiger partial charge in [0, 0.05) is 42.1 Å². The van der Waals surface area contributed by atoms with E-state index in [9.17, 15) is 22.9 Å². The van der Waals surface area contributed by atoms with Gasteiger partial charge >= 0.3 is 0 Å². The number of nitrogens with zero attached hydrogens (tertiary/aromatic N) is 6. The van der Waals surface area contributed by atoms with Crippen LogP contribution in [0.15, 0.2) is 77.2 Å². The van der Waals surface area contributed by atoms with Crippen LogP contribution in [0.4, 0.5) is 10.1 Å². The number of sulfonamides is 1. The highest BCUT2D eigenvalue weighted by Gasteiger charge is 2.27. The van der Waals surface area contributed by atoms with E-state index in [2.05, 4.69) is 20.7 Å². The number of nitriles is 1. The number of pyridine rings is 1. The molecule has 11 nitrogen and oxygen atoms in total. The number of benzene rings is 3. The summed E-state index contributed by atoms with van der Waals surface area (Å²) in [7, 11) is -0.819. The first-order valence-corrected chi connectivity index (χ1v) is 18.3. The van der Waals surface area contributed by atoms with E-state index in [1.807, 2.05) is 24.3 Å². The summed E-state index contributed by atoms with van der Waals surface area (Å²) in [4.78, 5) is 26.0. The Labute approximate surface area is 292 Å². The zero-order valence-electron chi connectivity index (χ0n) is 28.1. The highest BCUT2D eigenvalue weighted by atomic mass is 32.2. The minimum absolute atomic E-state index is 0.213. The van der Waals surface area contributed by atoms with E-state index in [4.69, 9.17) is 14.4 Å². The number of hydrogen-bond acceptors (Lipinski definition) is 8. The second-order valence-corrected chi connectivity index (χ2v) is 14.8. The van der Waals surface area contributed by atoms with Crippen LogP contribution in [-0.4, -0.2) is 67.0 Å². The molecule has 1 fully saturated rings. The lowest BCUT2D eigenvalue weighted by Crippen LogP contribution is -2.25. The van der Waals surface area contributed by atoms with Gasteiger partial charge in [-0.3, -0.25) is 18.4 Å². The van der Waals surface area contributed by atoms with Crippen molar-refractivity contribution >= 4 is 60.0 Å². The first kappa shape index (κ1) is 32.4. The molecule has 0 bridgehead atoms. The summed E-state index contributed by atoms with van der Waals surface area (Å²) < 4.78 is 49.3. The van der Waals surface area contributed by atoms with Gasteiger partial charge in [0.15, 0.2) is 0 Å². The number of furan rings is 1. The molecule has 8 rings (SSSR count). The van der Waals surface area contributed by atoms with E-state index in [1.54, 1.807) is 24.3 Å². The van der Waals surface area contributed by atoms with Crippen LogP contribution in [0.1, 0.15) is 34.6 Å². The standard InChI is InChI=1S/C38H32FN7O4S/c1-41-38(47)35-27-17-26(31(44(2)51(3,48)49)19-33(27)50-37(35)22-9-11-24(39)12-10-22)28-13-14-29-36(43-28)32-18-25-23(20-40)7-6-8-30(25)46(32)34(42-29)21-45-15-4-5-16-45/h6-14,17-19H,4-5,15-16,21H2,1-3H3,(H,41,47). The Morgan fingerprint density at radius 2 is 1.78 bits per heavy atom. The number of halogens is 1. The van der Waals surface area contributed by atoms with Gasteiger partial charge in [0.2, 0.25) is 10.0 Å². The molecule has 1 amide bonds. The molecular weight excluding hydrogens is 670 g/mol. The number of fused-ring (bicyclic) bond motifs is 6. The SMILES string of the molecule is CNC(=O)c1c(-c2ccc(F)cc2)oc2cc(N(C)S(C)(=O)=O)c(-c3ccc4nc(CN5CCCC5)n5c6cccc(C#N)c6cc5c4n3)cc12. The molecule has 7 aromatic rings. The van der Waals surface area contributed by atoms with Crippen molar-refractivity contribution in [3.8, 4) is 28.7 Å². The molecule has 1 aliphatic heterocycles. The normalized spacial score (nSPS) is 13.8. The maximum absolute atomic E-state index is 13.8. The average molecular weight is 702 g/mol. The van der Waals surface area contributed by atoms with Crippen LogP contribution in [0.3, 0.4) is 0 Å². The van der Waals surface area contributed by atoms with E-state index in [1.165, 1.54) is 38.4 Å². The predicted molar refractivity (Wildman–Crippen MR) is 194 cm³/mol. The Morgan fingerprint density at radius 3 is 2.49 bits per heavy atom. The Bertz CT molecular complexity index is 2710. The van der Waals surface area contributed by atoms with Gasteiger partial charge in [0.25, 0.3) is 5.91 Å². The Balaban J connectivity index is 1.41. The van der Waals surface area contributed by atoms with Crippen molar-refractivity contribution in [2.24, 2.45) is 0 Å². The van der Waals surface area contributed by atoms with Crippen molar-refractivity contribution in [1.29, 1.82) is 5.26 Å². The van der Waals surface area contributed by atoms with E-state index in [0.717, 1.165) is 58.7 Å². The van der Waals surface area contributed by atoms with E-state index < -0.39 is 21.7 Å². The molecular formula is C38H32FN7O4S. The Morgan fingerprint density at radius 1 is 1.02 bits per heavy atom. The number of likely N-dealkylation sites (tertiary alicyclic amines) is 1. The molecule has 1 N–H and O–H groups in total. The number of rotatable bonds is 7. The van der Waals surface area contributed by atoms with E-state index in [0.29, 0.717) is 45.3 Å². The smallest absolute Gasteiger partial charge is 0.255 e. The molecule has 0 unspecified atom stereocenters. The fraction of sp³-hybridized carbons (Fsp3) is 0.211. The number of carbonyl (C=O) groups excluding carboxylic acids is 1. The molecule has 5 heterocycles. The molecule has 4 aromatic heterocycles. The Kier molecular flexibility index (Phi) is 7.73. The number of anilines is 1. The van der Waals surface area contributed by atoms with Gasteiger partial charge in [0.1, 0.15) is 28.5 Å². The van der Waals surface area contributed by atoms with Crippen LogP contribution >= 0.6 is 0 Å². The maximum Gasteiger partial charge on any atom is 0.255 e. The van der Waals surface area contributed by atoms with Crippen LogP contribution in [0, 0.1) is 17.1 Å². The summed E-state index contributed by atoms with van der Waals surface area (Å²) in [6.07, 6.45) is 3.36. The van der Waals surface area contributed by atoms with Gasteiger partial charge < -0.3 is 9.73 Å². The number of carbonyl (C=O) groups is 1. The minimum Gasteiger partial charge on any atom is -0.455 e. The first-order valence-electron chi connectivity index (χ1n) is 16.4. The second kappa shape index (κ2) is 12.2. The van der Waals surface area contributed by atoms with Crippen molar-refractivity contribution in [3.05, 3.63) is 95.6 Å². The lowest BCUT2D eigenvalue weighted by Gasteiger charge is -2.21. The first-order chi connectivity index (χ1) is 24.5. The monoisotopic (exact) mass is 701 g/mol. The van der Waals surface area contributed by atoms with Crippen LogP contribution in [0.5, 0.6) is 0 Å². The number of nitrogens with one attached hydrogen (secondary N) is 1. The number of aromatic nitrogens is 3. The van der Waals surface area contributed by atoms with Crippen LogP contribution < -0.4 is 9.62 Å². The molecule has 1 aliphatic rings. The minimum atomic E-state index is -3.76. The van der Waals surface area contributed by atoms with Crippen LogP contribution in [0.25, 0.3) is 61.0 Å². The van der Waals surface area contributed by atoms with Crippen molar-refractivity contribution in [2.75, 3.05) is 37.7 Å². The van der Waals surface area contributed by atoms with E-state index >= 15 is 0 Å². The molecule has 13 heteroatoms. The largest absolute Gasteiger partial charge is 0.455 e. The van der Waals surface area contributed by atoms with Crippen molar-refractivity contribution in [3.63, 3.8) is 0 Å². The molecule has 0 aliphatic carbocycles.